The van der Waals surface area contributed by atoms with E-state index in [4.69, 9.17) is 0 Å². The molecule has 1 aliphatic rings. The van der Waals surface area contributed by atoms with Crippen molar-refractivity contribution in [2.24, 2.45) is 7.05 Å². The number of carbonyl (C=O) groups is 1. The Morgan fingerprint density at radius 3 is 2.95 bits per heavy atom. The van der Waals surface area contributed by atoms with Crippen molar-refractivity contribution in [3.05, 3.63) is 16.0 Å². The van der Waals surface area contributed by atoms with Gasteiger partial charge in [-0.1, -0.05) is 18.7 Å². The van der Waals surface area contributed by atoms with Gasteiger partial charge in [-0.05, 0) is 6.92 Å². The molecule has 5 nitrogen and oxygen atoms in total. The molecule has 0 fully saturated rings. The molecule has 1 aromatic rings. The summed E-state index contributed by atoms with van der Waals surface area (Å²) in [5.74, 6) is -0.317. The van der Waals surface area contributed by atoms with Crippen LogP contribution in [0, 0.1) is 0 Å². The SMILES string of the molecule is COC(=O)[C@H](C)Sc1nc2c(c(=O)n1C)S[C@H](C)C2. The molecular formula is C12H16N2O3S2. The van der Waals surface area contributed by atoms with Gasteiger partial charge < -0.3 is 4.74 Å². The first-order valence-electron chi connectivity index (χ1n) is 5.95. The summed E-state index contributed by atoms with van der Waals surface area (Å²) in [5, 5.41) is 0.567. The highest BCUT2D eigenvalue weighted by molar-refractivity contribution is 8.00. The largest absolute Gasteiger partial charge is 0.468 e. The third-order valence-corrected chi connectivity index (χ3v) is 5.23. The quantitative estimate of drug-likeness (QED) is 0.478. The lowest BCUT2D eigenvalue weighted by molar-refractivity contribution is -0.139. The standard InChI is InChI=1S/C12H16N2O3S2/c1-6-5-8-9(18-6)10(15)14(3)12(13-8)19-7(2)11(16)17-4/h6-7H,5H2,1-4H3/t6-,7+/m1/s1. The maximum absolute atomic E-state index is 12.2. The van der Waals surface area contributed by atoms with Crippen molar-refractivity contribution in [3.63, 3.8) is 0 Å². The van der Waals surface area contributed by atoms with Crippen molar-refractivity contribution in [2.75, 3.05) is 7.11 Å². The molecule has 0 spiro atoms. The lowest BCUT2D eigenvalue weighted by Crippen LogP contribution is -2.24. The van der Waals surface area contributed by atoms with Crippen LogP contribution in [0.2, 0.25) is 0 Å². The van der Waals surface area contributed by atoms with Gasteiger partial charge in [0, 0.05) is 18.7 Å². The van der Waals surface area contributed by atoms with Crippen LogP contribution in [0.25, 0.3) is 0 Å². The topological polar surface area (TPSA) is 61.2 Å². The molecule has 1 aliphatic heterocycles. The second-order valence-electron chi connectivity index (χ2n) is 4.45. The van der Waals surface area contributed by atoms with Crippen LogP contribution in [0.4, 0.5) is 0 Å². The van der Waals surface area contributed by atoms with Crippen molar-refractivity contribution < 1.29 is 9.53 Å². The molecule has 2 heterocycles. The lowest BCUT2D eigenvalue weighted by atomic mass is 10.2. The second kappa shape index (κ2) is 5.58. The van der Waals surface area contributed by atoms with Crippen molar-refractivity contribution >= 4 is 29.5 Å². The minimum Gasteiger partial charge on any atom is -0.468 e. The van der Waals surface area contributed by atoms with Crippen molar-refractivity contribution in [1.29, 1.82) is 0 Å². The molecule has 2 rings (SSSR count). The molecule has 0 unspecified atom stereocenters. The smallest absolute Gasteiger partial charge is 0.318 e. The first kappa shape index (κ1) is 14.5. The summed E-state index contributed by atoms with van der Waals surface area (Å²) in [7, 11) is 3.04. The molecule has 0 aromatic carbocycles. The molecule has 0 radical (unpaired) electrons. The van der Waals surface area contributed by atoms with E-state index < -0.39 is 0 Å². The zero-order valence-electron chi connectivity index (χ0n) is 11.3. The highest BCUT2D eigenvalue weighted by Crippen LogP contribution is 2.34. The first-order valence-corrected chi connectivity index (χ1v) is 7.71. The molecule has 0 N–H and O–H groups in total. The van der Waals surface area contributed by atoms with E-state index in [2.05, 4.69) is 16.6 Å². The third kappa shape index (κ3) is 2.81. The first-order chi connectivity index (χ1) is 8.93. The van der Waals surface area contributed by atoms with Crippen LogP contribution in [-0.4, -0.2) is 33.1 Å². The van der Waals surface area contributed by atoms with Gasteiger partial charge in [-0.25, -0.2) is 4.98 Å². The minimum absolute atomic E-state index is 0.0288. The Labute approximate surface area is 120 Å². The van der Waals surface area contributed by atoms with Gasteiger partial charge in [0.1, 0.15) is 5.25 Å². The molecule has 0 saturated heterocycles. The maximum atomic E-state index is 12.2. The molecule has 104 valence electrons. The third-order valence-electron chi connectivity index (χ3n) is 2.89. The number of rotatable bonds is 3. The average molecular weight is 300 g/mol. The average Bonchev–Trinajstić information content (AvgIpc) is 2.75. The van der Waals surface area contributed by atoms with Gasteiger partial charge in [0.2, 0.25) is 0 Å². The van der Waals surface area contributed by atoms with Crippen LogP contribution in [0.1, 0.15) is 19.5 Å². The van der Waals surface area contributed by atoms with Gasteiger partial charge in [-0.2, -0.15) is 0 Å². The number of carbonyl (C=O) groups excluding carboxylic acids is 1. The number of ether oxygens (including phenoxy) is 1. The Bertz CT molecular complexity index is 571. The summed E-state index contributed by atoms with van der Waals surface area (Å²) in [4.78, 5) is 28.9. The molecule has 0 bridgehead atoms. The van der Waals surface area contributed by atoms with Crippen molar-refractivity contribution in [2.45, 2.75) is 40.8 Å². The number of methoxy groups -OCH3 is 1. The molecule has 1 aromatic heterocycles. The zero-order chi connectivity index (χ0) is 14.2. The summed E-state index contributed by atoms with van der Waals surface area (Å²) in [6.07, 6.45) is 0.802. The Morgan fingerprint density at radius 2 is 2.32 bits per heavy atom. The molecule has 0 amide bonds. The number of aromatic nitrogens is 2. The van der Waals surface area contributed by atoms with E-state index in [1.807, 2.05) is 0 Å². The number of nitrogens with zero attached hydrogens (tertiary/aromatic N) is 2. The predicted octanol–water partition coefficient (Wildman–Crippen LogP) is 1.47. The number of esters is 1. The van der Waals surface area contributed by atoms with E-state index in [1.54, 1.807) is 25.7 Å². The Kier molecular flexibility index (Phi) is 4.25. The van der Waals surface area contributed by atoms with E-state index in [0.717, 1.165) is 17.0 Å². The predicted molar refractivity (Wildman–Crippen MR) is 75.8 cm³/mol. The number of hydrogen-bond donors (Lipinski definition) is 0. The molecule has 0 aliphatic carbocycles. The van der Waals surface area contributed by atoms with Crippen LogP contribution in [-0.2, 0) is 23.0 Å². The van der Waals surface area contributed by atoms with Gasteiger partial charge in [0.05, 0.1) is 17.7 Å². The number of fused-ring (bicyclic) bond motifs is 1. The number of thioether (sulfide) groups is 2. The molecule has 0 saturated carbocycles. The second-order valence-corrected chi connectivity index (χ2v) is 7.21. The summed E-state index contributed by atoms with van der Waals surface area (Å²) in [6, 6.07) is 0. The van der Waals surface area contributed by atoms with Gasteiger partial charge in [0.15, 0.2) is 5.16 Å². The van der Waals surface area contributed by atoms with Crippen LogP contribution < -0.4 is 5.56 Å². The monoisotopic (exact) mass is 300 g/mol. The van der Waals surface area contributed by atoms with E-state index in [1.165, 1.54) is 23.4 Å². The summed E-state index contributed by atoms with van der Waals surface area (Å²) in [5.41, 5.74) is 0.819. The van der Waals surface area contributed by atoms with Crippen LogP contribution in [0.15, 0.2) is 14.8 Å². The molecular weight excluding hydrogens is 284 g/mol. The van der Waals surface area contributed by atoms with E-state index in [9.17, 15) is 9.59 Å². The minimum atomic E-state index is -0.382. The summed E-state index contributed by atoms with van der Waals surface area (Å²) in [6.45, 7) is 3.82. The highest BCUT2D eigenvalue weighted by atomic mass is 32.2. The molecule has 19 heavy (non-hydrogen) atoms. The van der Waals surface area contributed by atoms with Gasteiger partial charge in [-0.15, -0.1) is 11.8 Å². The Morgan fingerprint density at radius 1 is 1.63 bits per heavy atom. The zero-order valence-corrected chi connectivity index (χ0v) is 12.9. The molecule has 2 atom stereocenters. The fourth-order valence-electron chi connectivity index (χ4n) is 1.85. The van der Waals surface area contributed by atoms with Crippen LogP contribution >= 0.6 is 23.5 Å². The van der Waals surface area contributed by atoms with Gasteiger partial charge in [0.25, 0.3) is 5.56 Å². The van der Waals surface area contributed by atoms with Gasteiger partial charge >= 0.3 is 5.97 Å². The Hall–Kier alpha value is -0.950. The van der Waals surface area contributed by atoms with E-state index in [0.29, 0.717) is 10.4 Å². The fraction of sp³-hybridized carbons (Fsp3) is 0.583. The molecule has 7 heteroatoms. The normalized spacial score (nSPS) is 19.1. The number of hydrogen-bond acceptors (Lipinski definition) is 6. The van der Waals surface area contributed by atoms with E-state index in [-0.39, 0.29) is 16.8 Å². The van der Waals surface area contributed by atoms with Gasteiger partial charge in [-0.3, -0.25) is 14.2 Å². The van der Waals surface area contributed by atoms with Crippen LogP contribution in [0.3, 0.4) is 0 Å². The van der Waals surface area contributed by atoms with Crippen molar-refractivity contribution in [1.82, 2.24) is 9.55 Å². The maximum Gasteiger partial charge on any atom is 0.318 e. The van der Waals surface area contributed by atoms with Crippen molar-refractivity contribution in [3.8, 4) is 0 Å². The van der Waals surface area contributed by atoms with Crippen LogP contribution in [0.5, 0.6) is 0 Å². The highest BCUT2D eigenvalue weighted by Gasteiger charge is 2.26. The fourth-order valence-corrected chi connectivity index (χ4v) is 3.91. The lowest BCUT2D eigenvalue weighted by Gasteiger charge is -2.12. The summed E-state index contributed by atoms with van der Waals surface area (Å²) < 4.78 is 6.19. The van der Waals surface area contributed by atoms with E-state index >= 15 is 0 Å². The Balaban J connectivity index is 2.33. The summed E-state index contributed by atoms with van der Waals surface area (Å²) >= 11 is 2.83.